The Morgan fingerprint density at radius 3 is 2.33 bits per heavy atom. The zero-order valence-corrected chi connectivity index (χ0v) is 18.2. The van der Waals surface area contributed by atoms with Gasteiger partial charge in [-0.1, -0.05) is 44.0 Å². The summed E-state index contributed by atoms with van der Waals surface area (Å²) in [6.07, 6.45) is 0. The predicted molar refractivity (Wildman–Crippen MR) is 105 cm³/mol. The lowest BCUT2D eigenvalue weighted by Crippen LogP contribution is -2.49. The first-order chi connectivity index (χ1) is 10.9. The van der Waals surface area contributed by atoms with Gasteiger partial charge in [-0.25, -0.2) is 0 Å². The zero-order chi connectivity index (χ0) is 18.5. The van der Waals surface area contributed by atoms with Crippen molar-refractivity contribution in [2.24, 2.45) is 0 Å². The second-order valence-electron chi connectivity index (χ2n) is 7.91. The third kappa shape index (κ3) is 3.12. The number of likely N-dealkylation sites (N-methyl/N-ethyl adjacent to an activating group) is 1. The minimum atomic E-state index is -2.03. The van der Waals surface area contributed by atoms with E-state index < -0.39 is 13.7 Å². The number of rotatable bonds is 4. The molecular formula is C17H24Cl3NO2Si. The summed E-state index contributed by atoms with van der Waals surface area (Å²) in [5.41, 5.74) is 0.474. The molecule has 1 aromatic rings. The van der Waals surface area contributed by atoms with E-state index in [4.69, 9.17) is 39.2 Å². The number of benzene rings is 1. The molecule has 0 aliphatic carbocycles. The quantitative estimate of drug-likeness (QED) is 0.488. The molecule has 1 atom stereocenters. The molecule has 2 rings (SSSR count). The van der Waals surface area contributed by atoms with Crippen molar-refractivity contribution in [1.82, 2.24) is 0 Å². The number of amides is 1. The lowest BCUT2D eigenvalue weighted by molar-refractivity contribution is -0.123. The average Bonchev–Trinajstić information content (AvgIpc) is 2.65. The van der Waals surface area contributed by atoms with Crippen molar-refractivity contribution >= 4 is 54.7 Å². The summed E-state index contributed by atoms with van der Waals surface area (Å²) in [6.45, 7) is 11.0. The average molecular weight is 409 g/mol. The van der Waals surface area contributed by atoms with E-state index in [1.807, 2.05) is 0 Å². The lowest BCUT2D eigenvalue weighted by Gasteiger charge is -2.39. The van der Waals surface area contributed by atoms with Crippen molar-refractivity contribution in [3.63, 3.8) is 0 Å². The number of hydrogen-bond acceptors (Lipinski definition) is 2. The van der Waals surface area contributed by atoms with Crippen molar-refractivity contribution in [3.8, 4) is 0 Å². The smallest absolute Gasteiger partial charge is 0.241 e. The molecule has 0 fully saturated rings. The molecule has 0 N–H and O–H groups in total. The third-order valence-electron chi connectivity index (χ3n) is 5.31. The standard InChI is InChI=1S/C17H24Cl3NO2Si/c1-16(2,3)24(5,6)23-10-17(9-18)12-7-11(19)8-13(20)14(12)21(4)15(17)22/h7-8H,9-10H2,1-6H3. The summed E-state index contributed by atoms with van der Waals surface area (Å²) >= 11 is 18.8. The number of anilines is 1. The van der Waals surface area contributed by atoms with E-state index >= 15 is 0 Å². The van der Waals surface area contributed by atoms with Crippen LogP contribution < -0.4 is 4.90 Å². The summed E-state index contributed by atoms with van der Waals surface area (Å²) in [5, 5.41) is 0.986. The van der Waals surface area contributed by atoms with E-state index in [2.05, 4.69) is 33.9 Å². The maximum absolute atomic E-state index is 13.0. The molecule has 1 aliphatic heterocycles. The first-order valence-electron chi connectivity index (χ1n) is 7.85. The molecule has 0 aromatic heterocycles. The van der Waals surface area contributed by atoms with E-state index in [0.29, 0.717) is 15.7 Å². The summed E-state index contributed by atoms with van der Waals surface area (Å²) in [4.78, 5) is 14.6. The van der Waals surface area contributed by atoms with Gasteiger partial charge in [-0.05, 0) is 35.8 Å². The Kier molecular flexibility index (Phi) is 5.41. The fraction of sp³-hybridized carbons (Fsp3) is 0.588. The van der Waals surface area contributed by atoms with Crippen LogP contribution in [0, 0.1) is 0 Å². The van der Waals surface area contributed by atoms with Crippen molar-refractivity contribution in [2.45, 2.75) is 44.3 Å². The van der Waals surface area contributed by atoms with E-state index in [0.717, 1.165) is 5.56 Å². The van der Waals surface area contributed by atoms with Crippen LogP contribution in [0.3, 0.4) is 0 Å². The van der Waals surface area contributed by atoms with E-state index in [9.17, 15) is 4.79 Å². The number of nitrogens with zero attached hydrogens (tertiary/aromatic N) is 1. The van der Waals surface area contributed by atoms with Crippen LogP contribution in [-0.2, 0) is 14.6 Å². The van der Waals surface area contributed by atoms with E-state index in [1.54, 1.807) is 24.1 Å². The van der Waals surface area contributed by atoms with Gasteiger partial charge >= 0.3 is 0 Å². The highest BCUT2D eigenvalue weighted by Crippen LogP contribution is 2.48. The molecule has 0 spiro atoms. The van der Waals surface area contributed by atoms with Crippen molar-refractivity contribution in [1.29, 1.82) is 0 Å². The number of carbonyl (C=O) groups is 1. The molecular weight excluding hydrogens is 385 g/mol. The highest BCUT2D eigenvalue weighted by molar-refractivity contribution is 6.74. The Hall–Kier alpha value is -0.263. The summed E-state index contributed by atoms with van der Waals surface area (Å²) < 4.78 is 6.35. The Labute approximate surface area is 160 Å². The molecule has 24 heavy (non-hydrogen) atoms. The number of fused-ring (bicyclic) bond motifs is 1. The molecule has 134 valence electrons. The summed E-state index contributed by atoms with van der Waals surface area (Å²) in [7, 11) is -0.321. The van der Waals surface area contributed by atoms with Gasteiger partial charge < -0.3 is 9.33 Å². The largest absolute Gasteiger partial charge is 0.415 e. The number of halogens is 3. The first-order valence-corrected chi connectivity index (χ1v) is 12.0. The molecule has 1 heterocycles. The van der Waals surface area contributed by atoms with Crippen LogP contribution in [-0.4, -0.2) is 33.8 Å². The normalized spacial score (nSPS) is 21.4. The van der Waals surface area contributed by atoms with Gasteiger partial charge in [0.05, 0.1) is 17.3 Å². The molecule has 3 nitrogen and oxygen atoms in total. The van der Waals surface area contributed by atoms with Gasteiger partial charge in [-0.3, -0.25) is 4.79 Å². The van der Waals surface area contributed by atoms with Gasteiger partial charge in [0, 0.05) is 18.0 Å². The Bertz CT molecular complexity index is 673. The first kappa shape index (κ1) is 20.1. The fourth-order valence-electron chi connectivity index (χ4n) is 2.64. The zero-order valence-electron chi connectivity index (χ0n) is 15.0. The fourth-order valence-corrected chi connectivity index (χ4v) is 4.63. The van der Waals surface area contributed by atoms with E-state index in [1.165, 1.54) is 0 Å². The van der Waals surface area contributed by atoms with Crippen LogP contribution in [0.15, 0.2) is 12.1 Å². The third-order valence-corrected chi connectivity index (χ3v) is 10.7. The van der Waals surface area contributed by atoms with Crippen LogP contribution in [0.4, 0.5) is 5.69 Å². The molecule has 0 saturated carbocycles. The van der Waals surface area contributed by atoms with E-state index in [-0.39, 0.29) is 23.4 Å². The number of hydrogen-bond donors (Lipinski definition) is 0. The van der Waals surface area contributed by atoms with Crippen molar-refractivity contribution in [3.05, 3.63) is 27.7 Å². The highest BCUT2D eigenvalue weighted by Gasteiger charge is 2.52. The molecule has 0 saturated heterocycles. The Morgan fingerprint density at radius 2 is 1.83 bits per heavy atom. The van der Waals surface area contributed by atoms with Crippen LogP contribution in [0.1, 0.15) is 26.3 Å². The monoisotopic (exact) mass is 407 g/mol. The molecule has 0 radical (unpaired) electrons. The predicted octanol–water partition coefficient (Wildman–Crippen LogP) is 5.47. The van der Waals surface area contributed by atoms with Crippen LogP contribution in [0.25, 0.3) is 0 Å². The van der Waals surface area contributed by atoms with Crippen LogP contribution in [0.2, 0.25) is 28.2 Å². The van der Waals surface area contributed by atoms with Crippen molar-refractivity contribution < 1.29 is 9.22 Å². The van der Waals surface area contributed by atoms with Crippen LogP contribution >= 0.6 is 34.8 Å². The minimum Gasteiger partial charge on any atom is -0.415 e. The lowest BCUT2D eigenvalue weighted by atomic mass is 9.84. The van der Waals surface area contributed by atoms with Crippen LogP contribution in [0.5, 0.6) is 0 Å². The van der Waals surface area contributed by atoms with Gasteiger partial charge in [0.2, 0.25) is 5.91 Å². The molecule has 1 unspecified atom stereocenters. The molecule has 1 amide bonds. The van der Waals surface area contributed by atoms with Crippen molar-refractivity contribution in [2.75, 3.05) is 24.4 Å². The molecule has 1 aliphatic rings. The maximum atomic E-state index is 13.0. The topological polar surface area (TPSA) is 29.5 Å². The molecule has 0 bridgehead atoms. The summed E-state index contributed by atoms with van der Waals surface area (Å²) in [5.74, 6) is 0.0180. The van der Waals surface area contributed by atoms with Gasteiger partial charge in [0.1, 0.15) is 5.41 Å². The SMILES string of the molecule is CN1C(=O)C(CCl)(CO[Si](C)(C)C(C)(C)C)c2cc(Cl)cc(Cl)c21. The van der Waals surface area contributed by atoms with Gasteiger partial charge in [0.15, 0.2) is 8.32 Å². The molecule has 1 aromatic carbocycles. The second kappa shape index (κ2) is 6.47. The van der Waals surface area contributed by atoms with Gasteiger partial charge in [-0.15, -0.1) is 11.6 Å². The Morgan fingerprint density at radius 1 is 1.25 bits per heavy atom. The van der Waals surface area contributed by atoms with Gasteiger partial charge in [-0.2, -0.15) is 0 Å². The van der Waals surface area contributed by atoms with Gasteiger partial charge in [0.25, 0.3) is 0 Å². The number of alkyl halides is 1. The second-order valence-corrected chi connectivity index (χ2v) is 13.8. The Balaban J connectivity index is 2.49. The highest BCUT2D eigenvalue weighted by atomic mass is 35.5. The molecule has 7 heteroatoms. The maximum Gasteiger partial charge on any atom is 0.241 e. The summed E-state index contributed by atoms with van der Waals surface area (Å²) in [6, 6.07) is 3.42. The minimum absolute atomic E-state index is 0.0445. The number of carbonyl (C=O) groups excluding carboxylic acids is 1.